The number of hydrogen-bond acceptors (Lipinski definition) is 5. The van der Waals surface area contributed by atoms with Gasteiger partial charge >= 0.3 is 12.1 Å². The average molecular weight is 426 g/mol. The molecule has 1 atom stereocenters. The second-order valence-electron chi connectivity index (χ2n) is 8.25. The van der Waals surface area contributed by atoms with Crippen molar-refractivity contribution in [1.29, 1.82) is 0 Å². The fourth-order valence-corrected chi connectivity index (χ4v) is 3.28. The molecule has 0 aliphatic carbocycles. The van der Waals surface area contributed by atoms with Gasteiger partial charge in [-0.15, -0.1) is 0 Å². The predicted octanol–water partition coefficient (Wildman–Crippen LogP) is 3.76. The van der Waals surface area contributed by atoms with Crippen molar-refractivity contribution in [1.82, 2.24) is 10.6 Å². The number of alkyl carbamates (subject to hydrolysis) is 1. The van der Waals surface area contributed by atoms with Crippen LogP contribution in [0.2, 0.25) is 0 Å². The second-order valence-corrected chi connectivity index (χ2v) is 8.25. The molecule has 2 aromatic carbocycles. The monoisotopic (exact) mass is 426 g/mol. The number of rotatable bonds is 6. The summed E-state index contributed by atoms with van der Waals surface area (Å²) in [5.74, 6) is -0.267. The van der Waals surface area contributed by atoms with Gasteiger partial charge in [0.15, 0.2) is 0 Å². The first kappa shape index (κ1) is 22.1. The van der Waals surface area contributed by atoms with Crippen LogP contribution in [0.1, 0.15) is 50.8 Å². The van der Waals surface area contributed by atoms with E-state index in [4.69, 9.17) is 9.47 Å². The number of carbonyl (C=O) groups excluding carboxylic acids is 2. The molecule has 164 valence electrons. The molecular weight excluding hydrogens is 400 g/mol. The van der Waals surface area contributed by atoms with Crippen LogP contribution in [-0.2, 0) is 14.3 Å². The maximum Gasteiger partial charge on any atom is 0.408 e. The standard InChI is InChI=1S/C23H26N2O6/c1-23(2,3)31-22(29)24-16(21(27)28)12-13-19(26)25-20-14-8-4-6-10-17(14)30-18-11-7-5-9-15(18)20/h4-11,16,20H,12-13H2,1-3H3,(H,24,29)(H,25,26)(H,27,28)/t16-/m0/s1. The fraction of sp³-hybridized carbons (Fsp3) is 0.348. The number of fused-ring (bicyclic) bond motifs is 2. The normalized spacial score (nSPS) is 13.8. The predicted molar refractivity (Wildman–Crippen MR) is 113 cm³/mol. The molecule has 2 amide bonds. The van der Waals surface area contributed by atoms with Crippen LogP contribution >= 0.6 is 0 Å². The molecular formula is C23H26N2O6. The van der Waals surface area contributed by atoms with Crippen LogP contribution in [0.15, 0.2) is 48.5 Å². The minimum Gasteiger partial charge on any atom is -0.480 e. The summed E-state index contributed by atoms with van der Waals surface area (Å²) in [5, 5.41) is 14.7. The van der Waals surface area contributed by atoms with E-state index < -0.39 is 29.7 Å². The van der Waals surface area contributed by atoms with Crippen LogP contribution < -0.4 is 15.4 Å². The molecule has 0 unspecified atom stereocenters. The van der Waals surface area contributed by atoms with Gasteiger partial charge in [-0.25, -0.2) is 9.59 Å². The average Bonchev–Trinajstić information content (AvgIpc) is 2.69. The third-order valence-corrected chi connectivity index (χ3v) is 4.63. The van der Waals surface area contributed by atoms with Gasteiger partial charge in [0.2, 0.25) is 5.91 Å². The van der Waals surface area contributed by atoms with Crippen LogP contribution in [0.3, 0.4) is 0 Å². The Labute approximate surface area is 180 Å². The lowest BCUT2D eigenvalue weighted by Crippen LogP contribution is -2.44. The van der Waals surface area contributed by atoms with E-state index in [1.165, 1.54) is 0 Å². The lowest BCUT2D eigenvalue weighted by Gasteiger charge is -2.29. The zero-order valence-electron chi connectivity index (χ0n) is 17.7. The Morgan fingerprint density at radius 1 is 1.03 bits per heavy atom. The lowest BCUT2D eigenvalue weighted by molar-refractivity contribution is -0.139. The molecule has 1 aliphatic rings. The molecule has 1 heterocycles. The SMILES string of the molecule is CC(C)(C)OC(=O)N[C@@H](CCC(=O)NC1c2ccccc2Oc2ccccc21)C(=O)O. The largest absolute Gasteiger partial charge is 0.480 e. The third kappa shape index (κ3) is 5.75. The van der Waals surface area contributed by atoms with Gasteiger partial charge in [0.25, 0.3) is 0 Å². The fourth-order valence-electron chi connectivity index (χ4n) is 3.28. The molecule has 1 aliphatic heterocycles. The Bertz CT molecular complexity index is 937. The maximum absolute atomic E-state index is 12.7. The molecule has 31 heavy (non-hydrogen) atoms. The highest BCUT2D eigenvalue weighted by molar-refractivity contribution is 5.82. The minimum atomic E-state index is -1.24. The zero-order chi connectivity index (χ0) is 22.6. The van der Waals surface area contributed by atoms with Gasteiger partial charge in [0.05, 0.1) is 6.04 Å². The van der Waals surface area contributed by atoms with Crippen molar-refractivity contribution in [2.45, 2.75) is 51.3 Å². The van der Waals surface area contributed by atoms with Crippen molar-refractivity contribution in [3.8, 4) is 11.5 Å². The number of hydrogen-bond donors (Lipinski definition) is 3. The number of ether oxygens (including phenoxy) is 2. The van der Waals surface area contributed by atoms with E-state index in [1.807, 2.05) is 48.5 Å². The molecule has 3 rings (SSSR count). The van der Waals surface area contributed by atoms with Gasteiger partial charge in [-0.05, 0) is 39.3 Å². The number of nitrogens with one attached hydrogen (secondary N) is 2. The third-order valence-electron chi connectivity index (χ3n) is 4.63. The first-order valence-corrected chi connectivity index (χ1v) is 10.0. The van der Waals surface area contributed by atoms with Crippen LogP contribution in [0.5, 0.6) is 11.5 Å². The van der Waals surface area contributed by atoms with Gasteiger partial charge in [0.1, 0.15) is 23.1 Å². The van der Waals surface area contributed by atoms with E-state index in [-0.39, 0.29) is 18.7 Å². The van der Waals surface area contributed by atoms with Gasteiger partial charge in [-0.1, -0.05) is 36.4 Å². The van der Waals surface area contributed by atoms with Gasteiger partial charge in [-0.3, -0.25) is 4.79 Å². The smallest absolute Gasteiger partial charge is 0.408 e. The molecule has 8 nitrogen and oxygen atoms in total. The number of benzene rings is 2. The van der Waals surface area contributed by atoms with E-state index >= 15 is 0 Å². The summed E-state index contributed by atoms with van der Waals surface area (Å²) in [6, 6.07) is 13.2. The summed E-state index contributed by atoms with van der Waals surface area (Å²) in [7, 11) is 0. The Morgan fingerprint density at radius 2 is 1.58 bits per heavy atom. The van der Waals surface area contributed by atoms with E-state index in [0.29, 0.717) is 11.5 Å². The van der Waals surface area contributed by atoms with Crippen LogP contribution in [0.25, 0.3) is 0 Å². The summed E-state index contributed by atoms with van der Waals surface area (Å²) < 4.78 is 11.0. The Hall–Kier alpha value is -3.55. The van der Waals surface area contributed by atoms with Crippen molar-refractivity contribution < 1.29 is 29.0 Å². The summed E-state index contributed by atoms with van der Waals surface area (Å²) in [6.45, 7) is 5.04. The molecule has 0 bridgehead atoms. The number of para-hydroxylation sites is 2. The van der Waals surface area contributed by atoms with Crippen LogP contribution in [-0.4, -0.2) is 34.7 Å². The highest BCUT2D eigenvalue weighted by atomic mass is 16.6. The number of carbonyl (C=O) groups is 3. The number of aliphatic carboxylic acids is 1. The van der Waals surface area contributed by atoms with Crippen molar-refractivity contribution in [3.63, 3.8) is 0 Å². The quantitative estimate of drug-likeness (QED) is 0.648. The molecule has 8 heteroatoms. The Balaban J connectivity index is 1.67. The van der Waals surface area contributed by atoms with E-state index in [2.05, 4.69) is 10.6 Å². The first-order valence-electron chi connectivity index (χ1n) is 10.0. The minimum absolute atomic E-state index is 0.0765. The molecule has 0 aromatic heterocycles. The molecule has 0 fully saturated rings. The molecule has 0 radical (unpaired) electrons. The van der Waals surface area contributed by atoms with Gasteiger partial charge in [-0.2, -0.15) is 0 Å². The zero-order valence-corrected chi connectivity index (χ0v) is 17.7. The molecule has 3 N–H and O–H groups in total. The number of carboxylic acids is 1. The van der Waals surface area contributed by atoms with Gasteiger partial charge in [0, 0.05) is 17.5 Å². The van der Waals surface area contributed by atoms with Crippen molar-refractivity contribution in [3.05, 3.63) is 59.7 Å². The Morgan fingerprint density at radius 3 is 2.10 bits per heavy atom. The summed E-state index contributed by atoms with van der Waals surface area (Å²) in [4.78, 5) is 36.1. The van der Waals surface area contributed by atoms with Crippen LogP contribution in [0, 0.1) is 0 Å². The summed E-state index contributed by atoms with van der Waals surface area (Å²) in [6.07, 6.45) is -1.01. The molecule has 0 saturated heterocycles. The van der Waals surface area contributed by atoms with Crippen molar-refractivity contribution in [2.24, 2.45) is 0 Å². The first-order chi connectivity index (χ1) is 14.6. The van der Waals surface area contributed by atoms with Crippen molar-refractivity contribution in [2.75, 3.05) is 0 Å². The number of carboxylic acid groups (broad SMARTS) is 1. The van der Waals surface area contributed by atoms with Crippen LogP contribution in [0.4, 0.5) is 4.79 Å². The van der Waals surface area contributed by atoms with E-state index in [0.717, 1.165) is 11.1 Å². The highest BCUT2D eigenvalue weighted by Crippen LogP contribution is 2.42. The highest BCUT2D eigenvalue weighted by Gasteiger charge is 2.29. The molecule has 2 aromatic rings. The summed E-state index contributed by atoms with van der Waals surface area (Å²) >= 11 is 0. The second kappa shape index (κ2) is 9.07. The van der Waals surface area contributed by atoms with Crippen molar-refractivity contribution >= 4 is 18.0 Å². The topological polar surface area (TPSA) is 114 Å². The van der Waals surface area contributed by atoms with E-state index in [1.54, 1.807) is 20.8 Å². The molecule has 0 spiro atoms. The van der Waals surface area contributed by atoms with E-state index in [9.17, 15) is 19.5 Å². The summed E-state index contributed by atoms with van der Waals surface area (Å²) in [5.41, 5.74) is 0.876. The molecule has 0 saturated carbocycles. The van der Waals surface area contributed by atoms with Gasteiger partial charge < -0.3 is 25.2 Å². The lowest BCUT2D eigenvalue weighted by atomic mass is 9.94. The Kier molecular flexibility index (Phi) is 6.48. The maximum atomic E-state index is 12.7. The number of amides is 2.